The van der Waals surface area contributed by atoms with Gasteiger partial charge in [0.25, 0.3) is 11.7 Å². The molecule has 1 atom stereocenters. The lowest BCUT2D eigenvalue weighted by Crippen LogP contribution is -2.29. The first-order valence-electron chi connectivity index (χ1n) is 9.46. The highest BCUT2D eigenvalue weighted by Gasteiger charge is 2.46. The summed E-state index contributed by atoms with van der Waals surface area (Å²) in [5.41, 5.74) is 2.08. The van der Waals surface area contributed by atoms with Gasteiger partial charge in [0.05, 0.1) is 11.6 Å². The summed E-state index contributed by atoms with van der Waals surface area (Å²) in [4.78, 5) is 31.1. The van der Waals surface area contributed by atoms with Gasteiger partial charge in [0.15, 0.2) is 0 Å². The van der Waals surface area contributed by atoms with E-state index in [0.29, 0.717) is 11.1 Å². The average molecular weight is 402 g/mol. The maximum absolute atomic E-state index is 14.7. The monoisotopic (exact) mass is 402 g/mol. The zero-order chi connectivity index (χ0) is 21.3. The Morgan fingerprint density at radius 3 is 2.47 bits per heavy atom. The molecule has 1 aliphatic heterocycles. The van der Waals surface area contributed by atoms with Gasteiger partial charge in [-0.05, 0) is 24.6 Å². The average Bonchev–Trinajstić information content (AvgIpc) is 3.00. The lowest BCUT2D eigenvalue weighted by molar-refractivity contribution is -0.140. The molecule has 2 heterocycles. The maximum Gasteiger partial charge on any atom is 0.295 e. The summed E-state index contributed by atoms with van der Waals surface area (Å²) in [5.74, 6) is -2.52. The lowest BCUT2D eigenvalue weighted by Gasteiger charge is -2.25. The second-order valence-electron chi connectivity index (χ2n) is 7.18. The summed E-state index contributed by atoms with van der Waals surface area (Å²) >= 11 is 0. The normalized spacial score (nSPS) is 18.1. The SMILES string of the molecule is Cc1ccc(C(O)=C2C(=O)C(=O)N(Cc3cccnc3)[C@H]2c2ccccc2F)cc1. The van der Waals surface area contributed by atoms with Crippen molar-refractivity contribution >= 4 is 17.4 Å². The molecule has 1 aromatic heterocycles. The van der Waals surface area contributed by atoms with Crippen LogP contribution >= 0.6 is 0 Å². The van der Waals surface area contributed by atoms with Gasteiger partial charge in [0, 0.05) is 30.1 Å². The molecule has 0 aliphatic carbocycles. The Bertz CT molecular complexity index is 1140. The van der Waals surface area contributed by atoms with Crippen LogP contribution in [0.1, 0.15) is 28.3 Å². The quantitative estimate of drug-likeness (QED) is 0.404. The number of aliphatic hydroxyl groups excluding tert-OH is 1. The van der Waals surface area contributed by atoms with Crippen molar-refractivity contribution in [1.82, 2.24) is 9.88 Å². The molecule has 3 aromatic rings. The van der Waals surface area contributed by atoms with E-state index in [1.807, 2.05) is 6.92 Å². The highest BCUT2D eigenvalue weighted by Crippen LogP contribution is 2.41. The Kier molecular flexibility index (Phi) is 5.14. The van der Waals surface area contributed by atoms with Crippen LogP contribution in [0.15, 0.2) is 78.6 Å². The molecule has 30 heavy (non-hydrogen) atoms. The molecule has 2 aromatic carbocycles. The zero-order valence-electron chi connectivity index (χ0n) is 16.2. The minimum Gasteiger partial charge on any atom is -0.507 e. The molecule has 150 valence electrons. The van der Waals surface area contributed by atoms with Crippen LogP contribution in [0, 0.1) is 12.7 Å². The minimum absolute atomic E-state index is 0.0576. The van der Waals surface area contributed by atoms with Crippen LogP contribution in [0.2, 0.25) is 0 Å². The number of halogens is 1. The predicted molar refractivity (Wildman–Crippen MR) is 110 cm³/mol. The topological polar surface area (TPSA) is 70.5 Å². The van der Waals surface area contributed by atoms with Gasteiger partial charge in [-0.2, -0.15) is 0 Å². The van der Waals surface area contributed by atoms with Gasteiger partial charge >= 0.3 is 0 Å². The van der Waals surface area contributed by atoms with Crippen molar-refractivity contribution in [2.75, 3.05) is 0 Å². The van der Waals surface area contributed by atoms with Gasteiger partial charge < -0.3 is 10.0 Å². The predicted octanol–water partition coefficient (Wildman–Crippen LogP) is 4.15. The van der Waals surface area contributed by atoms with Gasteiger partial charge in [-0.15, -0.1) is 0 Å². The molecular formula is C24H19FN2O3. The van der Waals surface area contributed by atoms with Crippen molar-refractivity contribution < 1.29 is 19.1 Å². The molecule has 0 spiro atoms. The van der Waals surface area contributed by atoms with E-state index in [2.05, 4.69) is 4.98 Å². The van der Waals surface area contributed by atoms with E-state index in [4.69, 9.17) is 0 Å². The smallest absolute Gasteiger partial charge is 0.295 e. The maximum atomic E-state index is 14.7. The number of likely N-dealkylation sites (tertiary alicyclic amines) is 1. The summed E-state index contributed by atoms with van der Waals surface area (Å²) in [6.07, 6.45) is 3.18. The fraction of sp³-hybridized carbons (Fsp3) is 0.125. The number of hydrogen-bond donors (Lipinski definition) is 1. The number of aromatic nitrogens is 1. The number of benzene rings is 2. The van der Waals surface area contributed by atoms with Gasteiger partial charge in [0.1, 0.15) is 11.6 Å². The molecule has 6 heteroatoms. The number of carbonyl (C=O) groups excluding carboxylic acids is 2. The summed E-state index contributed by atoms with van der Waals surface area (Å²) in [5, 5.41) is 11.0. The van der Waals surface area contributed by atoms with Gasteiger partial charge in [-0.25, -0.2) is 4.39 Å². The Morgan fingerprint density at radius 1 is 1.07 bits per heavy atom. The van der Waals surface area contributed by atoms with Crippen molar-refractivity contribution in [3.8, 4) is 0 Å². The molecule has 1 saturated heterocycles. The van der Waals surface area contributed by atoms with E-state index in [-0.39, 0.29) is 23.4 Å². The second kappa shape index (κ2) is 7.91. The minimum atomic E-state index is -1.05. The third-order valence-electron chi connectivity index (χ3n) is 5.14. The summed E-state index contributed by atoms with van der Waals surface area (Å²) < 4.78 is 14.7. The lowest BCUT2D eigenvalue weighted by atomic mass is 9.94. The molecule has 5 nitrogen and oxygen atoms in total. The fourth-order valence-corrected chi connectivity index (χ4v) is 3.62. The molecule has 1 aliphatic rings. The Hall–Kier alpha value is -3.80. The molecule has 1 fully saturated rings. The van der Waals surface area contributed by atoms with Crippen molar-refractivity contribution in [3.63, 3.8) is 0 Å². The molecule has 0 bridgehead atoms. The van der Waals surface area contributed by atoms with Gasteiger partial charge in [-0.1, -0.05) is 54.1 Å². The van der Waals surface area contributed by atoms with Gasteiger partial charge in [-0.3, -0.25) is 14.6 Å². The van der Waals surface area contributed by atoms with E-state index >= 15 is 0 Å². The number of carbonyl (C=O) groups is 2. The Labute approximate surface area is 173 Å². The molecule has 1 amide bonds. The zero-order valence-corrected chi connectivity index (χ0v) is 16.2. The largest absolute Gasteiger partial charge is 0.507 e. The van der Waals surface area contributed by atoms with Crippen LogP contribution in [-0.4, -0.2) is 26.7 Å². The molecule has 0 saturated carbocycles. The van der Waals surface area contributed by atoms with Crippen LogP contribution < -0.4 is 0 Å². The van der Waals surface area contributed by atoms with Crippen molar-refractivity contribution in [2.45, 2.75) is 19.5 Å². The number of Topliss-reactive ketones (excluding diaryl/α,β-unsaturated/α-hetero) is 1. The molecule has 4 rings (SSSR count). The number of hydrogen-bond acceptors (Lipinski definition) is 4. The first-order valence-corrected chi connectivity index (χ1v) is 9.46. The molecule has 1 N–H and O–H groups in total. The van der Waals surface area contributed by atoms with Crippen LogP contribution in [0.3, 0.4) is 0 Å². The van der Waals surface area contributed by atoms with E-state index < -0.39 is 23.5 Å². The highest BCUT2D eigenvalue weighted by atomic mass is 19.1. The number of aryl methyl sites for hydroxylation is 1. The van der Waals surface area contributed by atoms with Crippen LogP contribution in [-0.2, 0) is 16.1 Å². The third-order valence-corrected chi connectivity index (χ3v) is 5.14. The van der Waals surface area contributed by atoms with E-state index in [0.717, 1.165) is 5.56 Å². The van der Waals surface area contributed by atoms with Crippen LogP contribution in [0.5, 0.6) is 0 Å². The first kappa shape index (κ1) is 19.5. The number of amides is 1. The molecule has 0 radical (unpaired) electrons. The Balaban J connectivity index is 1.88. The first-order chi connectivity index (χ1) is 14.5. The number of aliphatic hydroxyl groups is 1. The fourth-order valence-electron chi connectivity index (χ4n) is 3.62. The standard InChI is InChI=1S/C24H19FN2O3/c1-15-8-10-17(11-9-15)22(28)20-21(18-6-2-3-7-19(18)25)27(24(30)23(20)29)14-16-5-4-12-26-13-16/h2-13,21,28H,14H2,1H3/t21-/m0/s1. The van der Waals surface area contributed by atoms with E-state index in [9.17, 15) is 19.1 Å². The van der Waals surface area contributed by atoms with E-state index in [1.165, 1.54) is 23.1 Å². The second-order valence-corrected chi connectivity index (χ2v) is 7.18. The summed E-state index contributed by atoms with van der Waals surface area (Å²) in [6.45, 7) is 1.96. The number of rotatable bonds is 4. The highest BCUT2D eigenvalue weighted by molar-refractivity contribution is 6.46. The number of ketones is 1. The number of nitrogens with zero attached hydrogens (tertiary/aromatic N) is 2. The summed E-state index contributed by atoms with van der Waals surface area (Å²) in [6, 6.07) is 15.3. The van der Waals surface area contributed by atoms with Crippen LogP contribution in [0.4, 0.5) is 4.39 Å². The molecule has 0 unspecified atom stereocenters. The third kappa shape index (κ3) is 3.48. The van der Waals surface area contributed by atoms with Crippen LogP contribution in [0.25, 0.3) is 5.76 Å². The van der Waals surface area contributed by atoms with E-state index in [1.54, 1.807) is 54.9 Å². The Morgan fingerprint density at radius 2 is 1.80 bits per heavy atom. The number of pyridine rings is 1. The molecular weight excluding hydrogens is 383 g/mol. The van der Waals surface area contributed by atoms with Crippen molar-refractivity contribution in [2.24, 2.45) is 0 Å². The van der Waals surface area contributed by atoms with Gasteiger partial charge in [0.2, 0.25) is 0 Å². The van der Waals surface area contributed by atoms with Crippen molar-refractivity contribution in [1.29, 1.82) is 0 Å². The van der Waals surface area contributed by atoms with Crippen molar-refractivity contribution in [3.05, 3.63) is 107 Å². The summed E-state index contributed by atoms with van der Waals surface area (Å²) in [7, 11) is 0.